The van der Waals surface area contributed by atoms with Gasteiger partial charge in [-0.2, -0.15) is 0 Å². The fourth-order valence-corrected chi connectivity index (χ4v) is 2.46. The first kappa shape index (κ1) is 15.8. The van der Waals surface area contributed by atoms with Crippen LogP contribution in [0.1, 0.15) is 20.9 Å². The third-order valence-corrected chi connectivity index (χ3v) is 3.70. The lowest BCUT2D eigenvalue weighted by molar-refractivity contribution is 0.0698. The van der Waals surface area contributed by atoms with E-state index in [-0.39, 0.29) is 17.0 Å². The topological polar surface area (TPSA) is 79.5 Å². The van der Waals surface area contributed by atoms with Crippen molar-refractivity contribution < 1.29 is 19.1 Å². The van der Waals surface area contributed by atoms with Crippen LogP contribution in [0.2, 0.25) is 5.02 Å². The molecule has 6 heteroatoms. The number of para-hydroxylation sites is 1. The number of carboxylic acids is 1. The van der Waals surface area contributed by atoms with E-state index < -0.39 is 11.9 Å². The number of aromatic carboxylic acids is 1. The number of rotatable bonds is 4. The van der Waals surface area contributed by atoms with Crippen molar-refractivity contribution >= 4 is 29.2 Å². The highest BCUT2D eigenvalue weighted by atomic mass is 35.5. The molecule has 0 saturated carbocycles. The largest absolute Gasteiger partial charge is 0.478 e. The fourth-order valence-electron chi connectivity index (χ4n) is 2.23. The number of carboxylic acid groups (broad SMARTS) is 1. The van der Waals surface area contributed by atoms with Crippen LogP contribution in [-0.2, 0) is 0 Å². The molecule has 0 aliphatic carbocycles. The predicted octanol–water partition coefficient (Wildman–Crippen LogP) is 4.55. The van der Waals surface area contributed by atoms with Gasteiger partial charge in [-0.15, -0.1) is 0 Å². The smallest absolute Gasteiger partial charge is 0.337 e. The van der Waals surface area contributed by atoms with Crippen LogP contribution in [0.4, 0.5) is 5.69 Å². The van der Waals surface area contributed by atoms with E-state index in [2.05, 4.69) is 5.32 Å². The van der Waals surface area contributed by atoms with Gasteiger partial charge >= 0.3 is 5.97 Å². The van der Waals surface area contributed by atoms with Crippen LogP contribution < -0.4 is 5.32 Å². The molecule has 0 spiro atoms. The van der Waals surface area contributed by atoms with Crippen molar-refractivity contribution in [2.75, 3.05) is 5.32 Å². The predicted molar refractivity (Wildman–Crippen MR) is 90.5 cm³/mol. The van der Waals surface area contributed by atoms with Gasteiger partial charge in [0.05, 0.1) is 16.3 Å². The summed E-state index contributed by atoms with van der Waals surface area (Å²) in [5.41, 5.74) is 0.874. The summed E-state index contributed by atoms with van der Waals surface area (Å²) in [7, 11) is 0. The average molecular weight is 342 g/mol. The quantitative estimate of drug-likeness (QED) is 0.729. The molecule has 0 unspecified atom stereocenters. The highest BCUT2D eigenvalue weighted by molar-refractivity contribution is 6.33. The Kier molecular flexibility index (Phi) is 4.35. The van der Waals surface area contributed by atoms with E-state index in [4.69, 9.17) is 21.1 Å². The van der Waals surface area contributed by atoms with Gasteiger partial charge in [0.25, 0.3) is 5.91 Å². The van der Waals surface area contributed by atoms with E-state index in [1.54, 1.807) is 36.4 Å². The number of anilines is 1. The van der Waals surface area contributed by atoms with Gasteiger partial charge in [0, 0.05) is 5.56 Å². The normalized spacial score (nSPS) is 10.4. The molecule has 1 amide bonds. The molecule has 0 atom stereocenters. The molecule has 24 heavy (non-hydrogen) atoms. The van der Waals surface area contributed by atoms with Gasteiger partial charge in [-0.25, -0.2) is 4.79 Å². The van der Waals surface area contributed by atoms with Gasteiger partial charge in [0.1, 0.15) is 5.76 Å². The molecule has 3 aromatic rings. The Bertz CT molecular complexity index is 917. The van der Waals surface area contributed by atoms with Crippen LogP contribution >= 0.6 is 11.6 Å². The van der Waals surface area contributed by atoms with Crippen molar-refractivity contribution in [3.63, 3.8) is 0 Å². The summed E-state index contributed by atoms with van der Waals surface area (Å²) in [4.78, 5) is 23.5. The summed E-state index contributed by atoms with van der Waals surface area (Å²) < 4.78 is 5.54. The number of amides is 1. The molecule has 1 heterocycles. The summed E-state index contributed by atoms with van der Waals surface area (Å²) >= 11 is 6.11. The minimum Gasteiger partial charge on any atom is -0.478 e. The summed E-state index contributed by atoms with van der Waals surface area (Å²) in [6, 6.07) is 16.4. The lowest BCUT2D eigenvalue weighted by Crippen LogP contribution is -2.14. The molecule has 1 aromatic heterocycles. The van der Waals surface area contributed by atoms with Crippen LogP contribution in [0.15, 0.2) is 65.1 Å². The SMILES string of the molecule is O=C(Nc1ccccc1C(=O)O)c1ccc(-c2ccccc2Cl)o1. The molecule has 0 saturated heterocycles. The summed E-state index contributed by atoms with van der Waals surface area (Å²) in [6.07, 6.45) is 0. The summed E-state index contributed by atoms with van der Waals surface area (Å²) in [5.74, 6) is -1.15. The van der Waals surface area contributed by atoms with E-state index >= 15 is 0 Å². The Morgan fingerprint density at radius 3 is 2.42 bits per heavy atom. The summed E-state index contributed by atoms with van der Waals surface area (Å²) in [5, 5.41) is 12.2. The minimum atomic E-state index is -1.12. The zero-order valence-electron chi connectivity index (χ0n) is 12.3. The van der Waals surface area contributed by atoms with Gasteiger partial charge < -0.3 is 14.8 Å². The van der Waals surface area contributed by atoms with Gasteiger partial charge in [-0.05, 0) is 36.4 Å². The third-order valence-electron chi connectivity index (χ3n) is 3.37. The van der Waals surface area contributed by atoms with Crippen LogP contribution in [0, 0.1) is 0 Å². The second kappa shape index (κ2) is 6.60. The van der Waals surface area contributed by atoms with Crippen LogP contribution in [0.3, 0.4) is 0 Å². The van der Waals surface area contributed by atoms with Crippen LogP contribution in [0.25, 0.3) is 11.3 Å². The Balaban J connectivity index is 1.85. The molecule has 0 aliphatic rings. The number of halogens is 1. The molecule has 0 bridgehead atoms. The summed E-state index contributed by atoms with van der Waals surface area (Å²) in [6.45, 7) is 0. The number of hydrogen-bond acceptors (Lipinski definition) is 3. The molecular formula is C18H12ClNO4. The molecule has 2 N–H and O–H groups in total. The maximum Gasteiger partial charge on any atom is 0.337 e. The molecular weight excluding hydrogens is 330 g/mol. The molecule has 0 fully saturated rings. The van der Waals surface area contributed by atoms with E-state index in [0.29, 0.717) is 16.3 Å². The van der Waals surface area contributed by atoms with Crippen molar-refractivity contribution in [2.45, 2.75) is 0 Å². The zero-order valence-corrected chi connectivity index (χ0v) is 13.1. The van der Waals surface area contributed by atoms with Gasteiger partial charge in [-0.1, -0.05) is 35.9 Å². The third kappa shape index (κ3) is 3.16. The van der Waals surface area contributed by atoms with Crippen molar-refractivity contribution in [3.8, 4) is 11.3 Å². The van der Waals surface area contributed by atoms with E-state index in [1.165, 1.54) is 18.2 Å². The molecule has 0 radical (unpaired) electrons. The van der Waals surface area contributed by atoms with E-state index in [9.17, 15) is 9.59 Å². The van der Waals surface area contributed by atoms with Crippen LogP contribution in [-0.4, -0.2) is 17.0 Å². The Morgan fingerprint density at radius 2 is 1.67 bits per heavy atom. The second-order valence-corrected chi connectivity index (χ2v) is 5.36. The number of nitrogens with one attached hydrogen (secondary N) is 1. The number of carbonyl (C=O) groups is 2. The van der Waals surface area contributed by atoms with Gasteiger partial charge in [-0.3, -0.25) is 4.79 Å². The number of furan rings is 1. The standard InChI is InChI=1S/C18H12ClNO4/c19-13-7-3-1-5-11(13)15-9-10-16(24-15)17(21)20-14-8-4-2-6-12(14)18(22)23/h1-10H,(H,20,21)(H,22,23). The molecule has 2 aromatic carbocycles. The number of hydrogen-bond donors (Lipinski definition) is 2. The van der Waals surface area contributed by atoms with Gasteiger partial charge in [0.2, 0.25) is 0 Å². The van der Waals surface area contributed by atoms with Crippen molar-refractivity contribution in [3.05, 3.63) is 77.0 Å². The first-order valence-corrected chi connectivity index (χ1v) is 7.42. The maximum absolute atomic E-state index is 12.3. The van der Waals surface area contributed by atoms with Crippen molar-refractivity contribution in [2.24, 2.45) is 0 Å². The Hall–Kier alpha value is -3.05. The highest BCUT2D eigenvalue weighted by Crippen LogP contribution is 2.29. The van der Waals surface area contributed by atoms with Crippen LogP contribution in [0.5, 0.6) is 0 Å². The molecule has 0 aliphatic heterocycles. The lowest BCUT2D eigenvalue weighted by Gasteiger charge is -2.06. The van der Waals surface area contributed by atoms with E-state index in [0.717, 1.165) is 0 Å². The van der Waals surface area contributed by atoms with Crippen molar-refractivity contribution in [1.82, 2.24) is 0 Å². The maximum atomic E-state index is 12.3. The molecule has 120 valence electrons. The monoisotopic (exact) mass is 341 g/mol. The zero-order chi connectivity index (χ0) is 17.1. The second-order valence-electron chi connectivity index (χ2n) is 4.95. The fraction of sp³-hybridized carbons (Fsp3) is 0. The molecule has 3 rings (SSSR count). The first-order chi connectivity index (χ1) is 11.6. The minimum absolute atomic E-state index is 0.00346. The van der Waals surface area contributed by atoms with Crippen molar-refractivity contribution in [1.29, 1.82) is 0 Å². The Labute approximate surface area is 142 Å². The highest BCUT2D eigenvalue weighted by Gasteiger charge is 2.16. The number of carbonyl (C=O) groups excluding carboxylic acids is 1. The number of benzene rings is 2. The first-order valence-electron chi connectivity index (χ1n) is 7.04. The lowest BCUT2D eigenvalue weighted by atomic mass is 10.2. The van der Waals surface area contributed by atoms with Gasteiger partial charge in [0.15, 0.2) is 5.76 Å². The Morgan fingerprint density at radius 1 is 0.958 bits per heavy atom. The average Bonchev–Trinajstić information content (AvgIpc) is 3.05. The van der Waals surface area contributed by atoms with E-state index in [1.807, 2.05) is 6.07 Å². The molecule has 5 nitrogen and oxygen atoms in total.